The quantitative estimate of drug-likeness (QED) is 0.527. The number of carbonyl (C=O) groups excluding carboxylic acids is 1. The molecular weight excluding hydrogens is 331 g/mol. The predicted octanol–water partition coefficient (Wildman–Crippen LogP) is 4.11. The SMILES string of the molecule is Cc1nn(C)cc1N(C=O)c1ccccc1-c1cc(F)c(F)c(F)c1. The van der Waals surface area contributed by atoms with Crippen LogP contribution in [0.3, 0.4) is 0 Å². The highest BCUT2D eigenvalue weighted by molar-refractivity contribution is 5.94. The molecule has 1 heterocycles. The topological polar surface area (TPSA) is 38.1 Å². The molecule has 0 saturated heterocycles. The normalized spacial score (nSPS) is 10.8. The third-order valence-electron chi connectivity index (χ3n) is 3.81. The van der Waals surface area contributed by atoms with E-state index in [2.05, 4.69) is 5.10 Å². The lowest BCUT2D eigenvalue weighted by molar-refractivity contribution is -0.106. The van der Waals surface area contributed by atoms with Gasteiger partial charge in [0.15, 0.2) is 17.5 Å². The Balaban J connectivity index is 2.19. The van der Waals surface area contributed by atoms with Crippen LogP contribution in [0.1, 0.15) is 5.69 Å². The summed E-state index contributed by atoms with van der Waals surface area (Å²) in [5.74, 6) is -4.11. The van der Waals surface area contributed by atoms with Crippen LogP contribution >= 0.6 is 0 Å². The molecule has 0 aliphatic rings. The van der Waals surface area contributed by atoms with Gasteiger partial charge in [-0.3, -0.25) is 14.4 Å². The molecule has 25 heavy (non-hydrogen) atoms. The monoisotopic (exact) mass is 345 g/mol. The van der Waals surface area contributed by atoms with Crippen molar-refractivity contribution in [2.45, 2.75) is 6.92 Å². The van der Waals surface area contributed by atoms with Gasteiger partial charge in [0, 0.05) is 18.8 Å². The molecule has 0 fully saturated rings. The Hall–Kier alpha value is -3.09. The number of para-hydroxylation sites is 1. The van der Waals surface area contributed by atoms with Crippen LogP contribution in [0.2, 0.25) is 0 Å². The summed E-state index contributed by atoms with van der Waals surface area (Å²) in [5, 5.41) is 4.19. The van der Waals surface area contributed by atoms with Crippen LogP contribution < -0.4 is 4.90 Å². The maximum Gasteiger partial charge on any atom is 0.218 e. The Morgan fingerprint density at radius 3 is 2.28 bits per heavy atom. The molecule has 1 amide bonds. The van der Waals surface area contributed by atoms with Gasteiger partial charge in [0.1, 0.15) is 0 Å². The Morgan fingerprint density at radius 2 is 1.72 bits per heavy atom. The van der Waals surface area contributed by atoms with Crippen LogP contribution in [0.15, 0.2) is 42.6 Å². The first-order valence-electron chi connectivity index (χ1n) is 7.41. The van der Waals surface area contributed by atoms with E-state index in [4.69, 9.17) is 0 Å². The van der Waals surface area contributed by atoms with Gasteiger partial charge < -0.3 is 0 Å². The van der Waals surface area contributed by atoms with E-state index < -0.39 is 17.5 Å². The number of amides is 1. The molecular formula is C18H14F3N3O. The molecule has 3 rings (SSSR count). The number of hydrogen-bond acceptors (Lipinski definition) is 2. The zero-order valence-electron chi connectivity index (χ0n) is 13.5. The summed E-state index contributed by atoms with van der Waals surface area (Å²) in [6.07, 6.45) is 2.26. The minimum Gasteiger partial charge on any atom is -0.280 e. The first-order valence-corrected chi connectivity index (χ1v) is 7.41. The van der Waals surface area contributed by atoms with E-state index in [1.807, 2.05) is 0 Å². The van der Waals surface area contributed by atoms with Gasteiger partial charge in [-0.25, -0.2) is 13.2 Å². The highest BCUT2D eigenvalue weighted by atomic mass is 19.2. The fourth-order valence-electron chi connectivity index (χ4n) is 2.71. The zero-order valence-corrected chi connectivity index (χ0v) is 13.5. The second-order valence-electron chi connectivity index (χ2n) is 5.52. The lowest BCUT2D eigenvalue weighted by Crippen LogP contribution is -2.15. The molecule has 0 saturated carbocycles. The van der Waals surface area contributed by atoms with Gasteiger partial charge in [0.2, 0.25) is 6.41 Å². The van der Waals surface area contributed by atoms with Crippen LogP contribution in [0.4, 0.5) is 24.5 Å². The lowest BCUT2D eigenvalue weighted by Gasteiger charge is -2.20. The first-order chi connectivity index (χ1) is 11.9. The third-order valence-corrected chi connectivity index (χ3v) is 3.81. The zero-order chi connectivity index (χ0) is 18.1. The Labute approximate surface area is 142 Å². The molecule has 0 radical (unpaired) electrons. The van der Waals surface area contributed by atoms with Crippen molar-refractivity contribution < 1.29 is 18.0 Å². The molecule has 7 heteroatoms. The fraction of sp³-hybridized carbons (Fsp3) is 0.111. The van der Waals surface area contributed by atoms with Gasteiger partial charge in [0.25, 0.3) is 0 Å². The van der Waals surface area contributed by atoms with E-state index in [1.165, 1.54) is 4.90 Å². The number of hydrogen-bond donors (Lipinski definition) is 0. The molecule has 0 atom stereocenters. The minimum atomic E-state index is -1.53. The van der Waals surface area contributed by atoms with Crippen molar-refractivity contribution in [1.29, 1.82) is 0 Å². The summed E-state index contributed by atoms with van der Waals surface area (Å²) >= 11 is 0. The fourth-order valence-corrected chi connectivity index (χ4v) is 2.71. The second-order valence-corrected chi connectivity index (χ2v) is 5.52. The summed E-state index contributed by atoms with van der Waals surface area (Å²) in [6, 6.07) is 8.39. The number of carbonyl (C=O) groups is 1. The largest absolute Gasteiger partial charge is 0.280 e. The number of benzene rings is 2. The number of aromatic nitrogens is 2. The second kappa shape index (κ2) is 6.43. The van der Waals surface area contributed by atoms with Gasteiger partial charge in [-0.15, -0.1) is 0 Å². The predicted molar refractivity (Wildman–Crippen MR) is 87.9 cm³/mol. The van der Waals surface area contributed by atoms with Crippen LogP contribution in [-0.4, -0.2) is 16.2 Å². The van der Waals surface area contributed by atoms with E-state index in [0.717, 1.165) is 12.1 Å². The van der Waals surface area contributed by atoms with Gasteiger partial charge in [0.05, 0.1) is 17.1 Å². The van der Waals surface area contributed by atoms with Crippen LogP contribution in [0.25, 0.3) is 11.1 Å². The summed E-state index contributed by atoms with van der Waals surface area (Å²) < 4.78 is 42.0. The van der Waals surface area contributed by atoms with Crippen molar-refractivity contribution in [3.05, 3.63) is 65.7 Å². The van der Waals surface area contributed by atoms with E-state index in [1.54, 1.807) is 49.1 Å². The summed E-state index contributed by atoms with van der Waals surface area (Å²) in [5.41, 5.74) is 2.06. The van der Waals surface area contributed by atoms with Crippen molar-refractivity contribution >= 4 is 17.8 Å². The number of halogens is 3. The average Bonchev–Trinajstić information content (AvgIpc) is 2.92. The van der Waals surface area contributed by atoms with E-state index in [0.29, 0.717) is 29.0 Å². The summed E-state index contributed by atoms with van der Waals surface area (Å²) in [6.45, 7) is 1.74. The highest BCUT2D eigenvalue weighted by Crippen LogP contribution is 2.36. The standard InChI is InChI=1S/C18H14F3N3O/c1-11-17(9-23(2)22-11)24(10-25)16-6-4-3-5-13(16)12-7-14(19)18(21)15(20)8-12/h3-10H,1-2H3. The maximum absolute atomic E-state index is 13.6. The lowest BCUT2D eigenvalue weighted by atomic mass is 10.0. The summed E-state index contributed by atoms with van der Waals surface area (Å²) in [7, 11) is 1.72. The number of rotatable bonds is 4. The molecule has 0 unspecified atom stereocenters. The van der Waals surface area contributed by atoms with E-state index in [-0.39, 0.29) is 5.56 Å². The molecule has 0 bridgehead atoms. The highest BCUT2D eigenvalue weighted by Gasteiger charge is 2.19. The number of nitrogens with zero attached hydrogens (tertiary/aromatic N) is 3. The van der Waals surface area contributed by atoms with Crippen LogP contribution in [0, 0.1) is 24.4 Å². The average molecular weight is 345 g/mol. The summed E-state index contributed by atoms with van der Waals surface area (Å²) in [4.78, 5) is 13.0. The van der Waals surface area contributed by atoms with Gasteiger partial charge in [-0.1, -0.05) is 18.2 Å². The van der Waals surface area contributed by atoms with Gasteiger partial charge in [-0.05, 0) is 30.7 Å². The molecule has 0 N–H and O–H groups in total. The molecule has 0 aliphatic carbocycles. The van der Waals surface area contributed by atoms with Crippen molar-refractivity contribution in [2.75, 3.05) is 4.90 Å². The minimum absolute atomic E-state index is 0.125. The molecule has 1 aromatic heterocycles. The molecule has 0 aliphatic heterocycles. The Kier molecular flexibility index (Phi) is 4.31. The molecule has 4 nitrogen and oxygen atoms in total. The van der Waals surface area contributed by atoms with Crippen molar-refractivity contribution in [3.8, 4) is 11.1 Å². The van der Waals surface area contributed by atoms with Crippen molar-refractivity contribution in [3.63, 3.8) is 0 Å². The van der Waals surface area contributed by atoms with Crippen molar-refractivity contribution in [1.82, 2.24) is 9.78 Å². The molecule has 2 aromatic carbocycles. The smallest absolute Gasteiger partial charge is 0.218 e. The number of aryl methyl sites for hydroxylation is 2. The molecule has 128 valence electrons. The third kappa shape index (κ3) is 3.00. The Bertz CT molecular complexity index is 929. The number of anilines is 2. The van der Waals surface area contributed by atoms with E-state index in [9.17, 15) is 18.0 Å². The first kappa shape index (κ1) is 16.8. The van der Waals surface area contributed by atoms with Gasteiger partial charge >= 0.3 is 0 Å². The molecule has 3 aromatic rings. The Morgan fingerprint density at radius 1 is 1.08 bits per heavy atom. The maximum atomic E-state index is 13.6. The van der Waals surface area contributed by atoms with Crippen molar-refractivity contribution in [2.24, 2.45) is 7.05 Å². The van der Waals surface area contributed by atoms with Crippen LogP contribution in [-0.2, 0) is 11.8 Å². The van der Waals surface area contributed by atoms with E-state index >= 15 is 0 Å². The molecule has 0 spiro atoms. The van der Waals surface area contributed by atoms with Gasteiger partial charge in [-0.2, -0.15) is 5.10 Å². The van der Waals surface area contributed by atoms with Crippen LogP contribution in [0.5, 0.6) is 0 Å².